The zero-order chi connectivity index (χ0) is 12.8. The maximum atomic E-state index is 5.61. The number of rotatable bonds is 5. The summed E-state index contributed by atoms with van der Waals surface area (Å²) in [5.74, 6) is 6.38. The van der Waals surface area contributed by atoms with Crippen LogP contribution in [0.3, 0.4) is 0 Å². The van der Waals surface area contributed by atoms with Gasteiger partial charge in [-0.25, -0.2) is 9.97 Å². The number of hydrogen-bond acceptors (Lipinski definition) is 4. The predicted octanol–water partition coefficient (Wildman–Crippen LogP) is 1.92. The minimum atomic E-state index is 0.0620. The summed E-state index contributed by atoms with van der Waals surface area (Å²) < 4.78 is 0. The molecule has 0 bridgehead atoms. The second kappa shape index (κ2) is 6.23. The number of hydrazine groups is 1. The zero-order valence-corrected chi connectivity index (χ0v) is 10.5. The molecule has 1 unspecified atom stereocenters. The molecule has 18 heavy (non-hydrogen) atoms. The smallest absolute Gasteiger partial charge is 0.125 e. The first kappa shape index (κ1) is 12.7. The number of nitrogens with one attached hydrogen (secondary N) is 1. The molecule has 0 fully saturated rings. The van der Waals surface area contributed by atoms with Gasteiger partial charge in [0.05, 0.1) is 11.7 Å². The Balaban J connectivity index is 2.02. The van der Waals surface area contributed by atoms with Gasteiger partial charge in [0.1, 0.15) is 5.82 Å². The van der Waals surface area contributed by atoms with E-state index in [4.69, 9.17) is 5.84 Å². The van der Waals surface area contributed by atoms with Gasteiger partial charge in [-0.05, 0) is 31.4 Å². The molecule has 1 heterocycles. The molecule has 1 aromatic carbocycles. The fourth-order valence-electron chi connectivity index (χ4n) is 1.94. The van der Waals surface area contributed by atoms with Crippen LogP contribution < -0.4 is 11.3 Å². The second-order valence-corrected chi connectivity index (χ2v) is 4.27. The Morgan fingerprint density at radius 1 is 1.22 bits per heavy atom. The molecule has 94 valence electrons. The fourth-order valence-corrected chi connectivity index (χ4v) is 1.94. The first-order valence-electron chi connectivity index (χ1n) is 6.09. The van der Waals surface area contributed by atoms with Crippen molar-refractivity contribution < 1.29 is 0 Å². The van der Waals surface area contributed by atoms with Crippen LogP contribution in [0.15, 0.2) is 42.6 Å². The lowest BCUT2D eigenvalue weighted by molar-refractivity contribution is 0.502. The number of aryl methyl sites for hydroxylation is 2. The molecule has 1 atom stereocenters. The predicted molar refractivity (Wildman–Crippen MR) is 71.6 cm³/mol. The van der Waals surface area contributed by atoms with E-state index in [1.165, 1.54) is 5.56 Å². The molecule has 0 aliphatic rings. The molecule has 1 aromatic heterocycles. The second-order valence-electron chi connectivity index (χ2n) is 4.27. The van der Waals surface area contributed by atoms with Crippen LogP contribution in [0.4, 0.5) is 0 Å². The van der Waals surface area contributed by atoms with Crippen LogP contribution in [0.25, 0.3) is 0 Å². The molecule has 0 radical (unpaired) electrons. The average molecular weight is 242 g/mol. The van der Waals surface area contributed by atoms with Crippen molar-refractivity contribution in [2.45, 2.75) is 25.8 Å². The fraction of sp³-hybridized carbons (Fsp3) is 0.286. The minimum Gasteiger partial charge on any atom is -0.271 e. The maximum absolute atomic E-state index is 5.61. The third-order valence-electron chi connectivity index (χ3n) is 2.92. The molecule has 3 N–H and O–H groups in total. The Morgan fingerprint density at radius 3 is 2.67 bits per heavy atom. The van der Waals surface area contributed by atoms with Gasteiger partial charge in [-0.3, -0.25) is 11.3 Å². The third-order valence-corrected chi connectivity index (χ3v) is 2.92. The van der Waals surface area contributed by atoms with Crippen molar-refractivity contribution in [1.29, 1.82) is 0 Å². The van der Waals surface area contributed by atoms with E-state index in [1.807, 2.05) is 19.1 Å². The van der Waals surface area contributed by atoms with Crippen LogP contribution in [0, 0.1) is 6.92 Å². The van der Waals surface area contributed by atoms with E-state index >= 15 is 0 Å². The first-order chi connectivity index (χ1) is 8.79. The zero-order valence-electron chi connectivity index (χ0n) is 10.5. The van der Waals surface area contributed by atoms with Crippen molar-refractivity contribution in [3.63, 3.8) is 0 Å². The largest absolute Gasteiger partial charge is 0.271 e. The quantitative estimate of drug-likeness (QED) is 0.621. The maximum Gasteiger partial charge on any atom is 0.125 e. The summed E-state index contributed by atoms with van der Waals surface area (Å²) in [5, 5.41) is 0. The van der Waals surface area contributed by atoms with Crippen molar-refractivity contribution in [2.75, 3.05) is 0 Å². The molecule has 0 aliphatic heterocycles. The Hall–Kier alpha value is -1.78. The molecule has 0 spiro atoms. The van der Waals surface area contributed by atoms with Gasteiger partial charge in [0.15, 0.2) is 0 Å². The van der Waals surface area contributed by atoms with Gasteiger partial charge in [0, 0.05) is 6.20 Å². The molecule has 0 saturated heterocycles. The van der Waals surface area contributed by atoms with Gasteiger partial charge in [0.2, 0.25) is 0 Å². The van der Waals surface area contributed by atoms with Gasteiger partial charge in [-0.2, -0.15) is 0 Å². The highest BCUT2D eigenvalue weighted by molar-refractivity contribution is 5.16. The van der Waals surface area contributed by atoms with E-state index in [-0.39, 0.29) is 6.04 Å². The van der Waals surface area contributed by atoms with Crippen molar-refractivity contribution in [1.82, 2.24) is 15.4 Å². The first-order valence-corrected chi connectivity index (χ1v) is 6.09. The van der Waals surface area contributed by atoms with Gasteiger partial charge in [-0.1, -0.05) is 30.3 Å². The molecule has 0 saturated carbocycles. The lowest BCUT2D eigenvalue weighted by Crippen LogP contribution is -2.29. The summed E-state index contributed by atoms with van der Waals surface area (Å²) in [6.45, 7) is 1.88. The summed E-state index contributed by atoms with van der Waals surface area (Å²) in [6, 6.07) is 12.3. The minimum absolute atomic E-state index is 0.0620. The highest BCUT2D eigenvalue weighted by Gasteiger charge is 2.11. The van der Waals surface area contributed by atoms with Crippen LogP contribution >= 0.6 is 0 Å². The van der Waals surface area contributed by atoms with E-state index in [0.717, 1.165) is 24.4 Å². The molecular formula is C14H18N4. The van der Waals surface area contributed by atoms with Crippen LogP contribution in [0.5, 0.6) is 0 Å². The van der Waals surface area contributed by atoms with Crippen molar-refractivity contribution >= 4 is 0 Å². The van der Waals surface area contributed by atoms with Crippen molar-refractivity contribution in [2.24, 2.45) is 5.84 Å². The van der Waals surface area contributed by atoms with Crippen LogP contribution in [0.1, 0.15) is 29.5 Å². The Labute approximate surface area is 107 Å². The monoisotopic (exact) mass is 242 g/mol. The lowest BCUT2D eigenvalue weighted by atomic mass is 10.0. The van der Waals surface area contributed by atoms with Crippen LogP contribution in [0.2, 0.25) is 0 Å². The average Bonchev–Trinajstić information content (AvgIpc) is 2.41. The van der Waals surface area contributed by atoms with Gasteiger partial charge in [-0.15, -0.1) is 0 Å². The summed E-state index contributed by atoms with van der Waals surface area (Å²) in [4.78, 5) is 8.50. The molecular weight excluding hydrogens is 224 g/mol. The number of nitrogens with two attached hydrogens (primary N) is 1. The van der Waals surface area contributed by atoms with E-state index in [9.17, 15) is 0 Å². The van der Waals surface area contributed by atoms with E-state index in [1.54, 1.807) is 6.20 Å². The number of nitrogens with zero attached hydrogens (tertiary/aromatic N) is 2. The van der Waals surface area contributed by atoms with E-state index in [0.29, 0.717) is 0 Å². The SMILES string of the molecule is Cc1nccc(C(CCc2ccccc2)NN)n1. The Kier molecular flexibility index (Phi) is 4.39. The Morgan fingerprint density at radius 2 is 2.00 bits per heavy atom. The normalized spacial score (nSPS) is 12.3. The van der Waals surface area contributed by atoms with E-state index < -0.39 is 0 Å². The highest BCUT2D eigenvalue weighted by atomic mass is 15.2. The van der Waals surface area contributed by atoms with Gasteiger partial charge in [0.25, 0.3) is 0 Å². The molecule has 2 rings (SSSR count). The summed E-state index contributed by atoms with van der Waals surface area (Å²) in [6.07, 6.45) is 3.65. The van der Waals surface area contributed by atoms with Gasteiger partial charge < -0.3 is 0 Å². The molecule has 4 heteroatoms. The molecule has 2 aromatic rings. The van der Waals surface area contributed by atoms with Crippen LogP contribution in [-0.2, 0) is 6.42 Å². The highest BCUT2D eigenvalue weighted by Crippen LogP contribution is 2.16. The molecule has 0 amide bonds. The molecule has 0 aliphatic carbocycles. The number of aromatic nitrogens is 2. The summed E-state index contributed by atoms with van der Waals surface area (Å²) >= 11 is 0. The van der Waals surface area contributed by atoms with E-state index in [2.05, 4.69) is 39.7 Å². The third kappa shape index (κ3) is 3.35. The molecule has 4 nitrogen and oxygen atoms in total. The Bertz CT molecular complexity index is 484. The standard InChI is InChI=1S/C14H18N4/c1-11-16-10-9-13(17-11)14(18-15)8-7-12-5-3-2-4-6-12/h2-6,9-10,14,18H,7-8,15H2,1H3. The summed E-state index contributed by atoms with van der Waals surface area (Å²) in [5.41, 5.74) is 5.08. The number of hydrogen-bond donors (Lipinski definition) is 2. The van der Waals surface area contributed by atoms with Crippen molar-refractivity contribution in [3.8, 4) is 0 Å². The van der Waals surface area contributed by atoms with Gasteiger partial charge >= 0.3 is 0 Å². The van der Waals surface area contributed by atoms with Crippen molar-refractivity contribution in [3.05, 3.63) is 59.7 Å². The topological polar surface area (TPSA) is 63.8 Å². The lowest BCUT2D eigenvalue weighted by Gasteiger charge is -2.15. The summed E-state index contributed by atoms with van der Waals surface area (Å²) in [7, 11) is 0. The number of benzene rings is 1. The van der Waals surface area contributed by atoms with Crippen LogP contribution in [-0.4, -0.2) is 9.97 Å².